The lowest BCUT2D eigenvalue weighted by Crippen LogP contribution is -2.17. The van der Waals surface area contributed by atoms with Gasteiger partial charge in [-0.15, -0.1) is 0 Å². The van der Waals surface area contributed by atoms with Gasteiger partial charge in [0.2, 0.25) is 0 Å². The molecule has 0 radical (unpaired) electrons. The second-order valence-corrected chi connectivity index (χ2v) is 4.28. The van der Waals surface area contributed by atoms with Gasteiger partial charge in [0.25, 0.3) is 0 Å². The van der Waals surface area contributed by atoms with Gasteiger partial charge in [0, 0.05) is 18.0 Å². The van der Waals surface area contributed by atoms with Crippen molar-refractivity contribution in [2.45, 2.75) is 26.5 Å². The molecule has 4 nitrogen and oxygen atoms in total. The number of imidazole rings is 1. The van der Waals surface area contributed by atoms with Crippen molar-refractivity contribution in [1.29, 1.82) is 0 Å². The van der Waals surface area contributed by atoms with Crippen LogP contribution in [0.15, 0.2) is 42.7 Å². The third kappa shape index (κ3) is 2.97. The minimum atomic E-state index is -0.250. The molecule has 18 heavy (non-hydrogen) atoms. The van der Waals surface area contributed by atoms with E-state index in [2.05, 4.69) is 4.98 Å². The Hall–Kier alpha value is -2.10. The monoisotopic (exact) mass is 244 g/mol. The van der Waals surface area contributed by atoms with Gasteiger partial charge in [-0.1, -0.05) is 30.3 Å². The number of hydrogen-bond donors (Lipinski definition) is 0. The maximum absolute atomic E-state index is 11.6. The van der Waals surface area contributed by atoms with Crippen molar-refractivity contribution in [2.75, 3.05) is 0 Å². The summed E-state index contributed by atoms with van der Waals surface area (Å²) in [7, 11) is 0. The van der Waals surface area contributed by atoms with Crippen molar-refractivity contribution in [1.82, 2.24) is 9.55 Å². The van der Waals surface area contributed by atoms with Crippen molar-refractivity contribution in [3.8, 4) is 11.4 Å². The zero-order valence-electron chi connectivity index (χ0n) is 10.5. The van der Waals surface area contributed by atoms with Gasteiger partial charge in [0.15, 0.2) is 0 Å². The van der Waals surface area contributed by atoms with Gasteiger partial charge in [-0.3, -0.25) is 4.79 Å². The van der Waals surface area contributed by atoms with Crippen LogP contribution in [-0.4, -0.2) is 21.6 Å². The number of ether oxygens (including phenoxy) is 1. The Labute approximate surface area is 106 Å². The molecule has 1 heterocycles. The van der Waals surface area contributed by atoms with E-state index in [0.29, 0.717) is 0 Å². The third-order valence-electron chi connectivity index (χ3n) is 2.41. The van der Waals surface area contributed by atoms with Crippen LogP contribution >= 0.6 is 0 Å². The third-order valence-corrected chi connectivity index (χ3v) is 2.41. The number of carbonyl (C=O) groups excluding carboxylic acids is 1. The van der Waals surface area contributed by atoms with Gasteiger partial charge in [-0.05, 0) is 13.8 Å². The van der Waals surface area contributed by atoms with Gasteiger partial charge in [-0.2, -0.15) is 0 Å². The fraction of sp³-hybridized carbons (Fsp3) is 0.286. The maximum Gasteiger partial charge on any atom is 0.326 e. The standard InChI is InChI=1S/C14H16N2O2/c1-11(2)18-13(17)10-16-9-8-15-14(16)12-6-4-3-5-7-12/h3-9,11H,10H2,1-2H3. The van der Waals surface area contributed by atoms with Crippen LogP contribution in [0.3, 0.4) is 0 Å². The van der Waals surface area contributed by atoms with Crippen LogP contribution in [0.1, 0.15) is 13.8 Å². The molecule has 0 aliphatic heterocycles. The average Bonchev–Trinajstić information content (AvgIpc) is 2.77. The molecule has 0 unspecified atom stereocenters. The SMILES string of the molecule is CC(C)OC(=O)Cn1ccnc1-c1ccccc1. The van der Waals surface area contributed by atoms with Gasteiger partial charge < -0.3 is 9.30 Å². The molecule has 0 atom stereocenters. The van der Waals surface area contributed by atoms with Crippen molar-refractivity contribution in [2.24, 2.45) is 0 Å². The molecule has 1 aromatic heterocycles. The molecule has 0 aliphatic rings. The number of nitrogens with zero attached hydrogens (tertiary/aromatic N) is 2. The molecule has 0 bridgehead atoms. The van der Waals surface area contributed by atoms with Crippen molar-refractivity contribution >= 4 is 5.97 Å². The number of benzene rings is 1. The summed E-state index contributed by atoms with van der Waals surface area (Å²) in [6.45, 7) is 3.86. The lowest BCUT2D eigenvalue weighted by atomic mass is 10.2. The first-order valence-corrected chi connectivity index (χ1v) is 5.93. The first kappa shape index (κ1) is 12.4. The summed E-state index contributed by atoms with van der Waals surface area (Å²) in [5.41, 5.74) is 0.986. The summed E-state index contributed by atoms with van der Waals surface area (Å²) < 4.78 is 6.92. The van der Waals surface area contributed by atoms with E-state index >= 15 is 0 Å². The summed E-state index contributed by atoms with van der Waals surface area (Å²) in [6.07, 6.45) is 3.37. The minimum absolute atomic E-state index is 0.0961. The molecule has 2 aromatic rings. The van der Waals surface area contributed by atoms with Gasteiger partial charge >= 0.3 is 5.97 Å². The molecule has 0 aliphatic carbocycles. The average molecular weight is 244 g/mol. The second-order valence-electron chi connectivity index (χ2n) is 4.28. The smallest absolute Gasteiger partial charge is 0.326 e. The molecular formula is C14H16N2O2. The Morgan fingerprint density at radius 3 is 2.72 bits per heavy atom. The highest BCUT2D eigenvalue weighted by atomic mass is 16.5. The maximum atomic E-state index is 11.6. The minimum Gasteiger partial charge on any atom is -0.462 e. The first-order valence-electron chi connectivity index (χ1n) is 5.93. The molecule has 2 rings (SSSR count). The van der Waals surface area contributed by atoms with Crippen molar-refractivity contribution in [3.63, 3.8) is 0 Å². The highest BCUT2D eigenvalue weighted by Gasteiger charge is 2.11. The number of rotatable bonds is 4. The van der Waals surface area contributed by atoms with Crippen LogP contribution in [-0.2, 0) is 16.1 Å². The van der Waals surface area contributed by atoms with Crippen LogP contribution < -0.4 is 0 Å². The number of hydrogen-bond acceptors (Lipinski definition) is 3. The topological polar surface area (TPSA) is 44.1 Å². The lowest BCUT2D eigenvalue weighted by Gasteiger charge is -2.10. The Morgan fingerprint density at radius 1 is 1.33 bits per heavy atom. The highest BCUT2D eigenvalue weighted by molar-refractivity contribution is 5.70. The number of aromatic nitrogens is 2. The highest BCUT2D eigenvalue weighted by Crippen LogP contribution is 2.16. The quantitative estimate of drug-likeness (QED) is 0.776. The lowest BCUT2D eigenvalue weighted by molar-refractivity contribution is -0.148. The predicted octanol–water partition coefficient (Wildman–Crippen LogP) is 2.50. The Bertz CT molecular complexity index is 518. The van der Waals surface area contributed by atoms with E-state index in [0.717, 1.165) is 11.4 Å². The van der Waals surface area contributed by atoms with Gasteiger partial charge in [0.05, 0.1) is 6.10 Å². The van der Waals surface area contributed by atoms with Crippen LogP contribution in [0.25, 0.3) is 11.4 Å². The number of esters is 1. The molecule has 0 fully saturated rings. The molecule has 0 saturated heterocycles. The Balaban J connectivity index is 2.16. The summed E-state index contributed by atoms with van der Waals surface area (Å²) >= 11 is 0. The molecule has 0 N–H and O–H groups in total. The van der Waals surface area contributed by atoms with E-state index in [9.17, 15) is 4.79 Å². The van der Waals surface area contributed by atoms with Crippen LogP contribution in [0.5, 0.6) is 0 Å². The van der Waals surface area contributed by atoms with E-state index in [1.54, 1.807) is 17.0 Å². The summed E-state index contributed by atoms with van der Waals surface area (Å²) in [5, 5.41) is 0. The molecule has 4 heteroatoms. The van der Waals surface area contributed by atoms with E-state index in [4.69, 9.17) is 4.74 Å². The van der Waals surface area contributed by atoms with E-state index < -0.39 is 0 Å². The second kappa shape index (κ2) is 5.49. The molecule has 1 aromatic carbocycles. The van der Waals surface area contributed by atoms with Gasteiger partial charge in [-0.25, -0.2) is 4.98 Å². The van der Waals surface area contributed by atoms with Crippen LogP contribution in [0.2, 0.25) is 0 Å². The van der Waals surface area contributed by atoms with Crippen LogP contribution in [0, 0.1) is 0 Å². The van der Waals surface area contributed by atoms with E-state index in [1.807, 2.05) is 44.2 Å². The van der Waals surface area contributed by atoms with Crippen LogP contribution in [0.4, 0.5) is 0 Å². The normalized spacial score (nSPS) is 10.6. The zero-order chi connectivity index (χ0) is 13.0. The fourth-order valence-electron chi connectivity index (χ4n) is 1.72. The summed E-state index contributed by atoms with van der Waals surface area (Å²) in [6, 6.07) is 9.77. The van der Waals surface area contributed by atoms with Crippen molar-refractivity contribution in [3.05, 3.63) is 42.7 Å². The fourth-order valence-corrected chi connectivity index (χ4v) is 1.72. The summed E-state index contributed by atoms with van der Waals surface area (Å²) in [4.78, 5) is 15.9. The molecule has 94 valence electrons. The summed E-state index contributed by atoms with van der Waals surface area (Å²) in [5.74, 6) is 0.525. The molecule has 0 amide bonds. The number of carbonyl (C=O) groups is 1. The predicted molar refractivity (Wildman–Crippen MR) is 68.9 cm³/mol. The van der Waals surface area contributed by atoms with E-state index in [1.165, 1.54) is 0 Å². The van der Waals surface area contributed by atoms with Crippen molar-refractivity contribution < 1.29 is 9.53 Å². The molecule has 0 spiro atoms. The Morgan fingerprint density at radius 2 is 2.06 bits per heavy atom. The zero-order valence-corrected chi connectivity index (χ0v) is 10.5. The first-order chi connectivity index (χ1) is 8.66. The van der Waals surface area contributed by atoms with Gasteiger partial charge in [0.1, 0.15) is 12.4 Å². The molecule has 0 saturated carbocycles. The largest absolute Gasteiger partial charge is 0.462 e. The molecular weight excluding hydrogens is 228 g/mol. The van der Waals surface area contributed by atoms with E-state index in [-0.39, 0.29) is 18.6 Å². The Kier molecular flexibility index (Phi) is 3.77.